The molecule has 10 nitrogen and oxygen atoms in total. The molecule has 1 aromatic heterocycles. The summed E-state index contributed by atoms with van der Waals surface area (Å²) in [7, 11) is 0. The highest BCUT2D eigenvalue weighted by Gasteiger charge is 2.22. The Morgan fingerprint density at radius 2 is 1.77 bits per heavy atom. The van der Waals surface area contributed by atoms with Crippen molar-refractivity contribution in [3.63, 3.8) is 0 Å². The van der Waals surface area contributed by atoms with E-state index in [1.54, 1.807) is 23.1 Å². The molecule has 0 saturated carbocycles. The third kappa shape index (κ3) is 7.18. The van der Waals surface area contributed by atoms with Gasteiger partial charge in [-0.05, 0) is 12.1 Å². The highest BCUT2D eigenvalue weighted by atomic mass is 16.4. The lowest BCUT2D eigenvalue weighted by atomic mass is 10.2. The molecule has 2 rings (SSSR count). The minimum absolute atomic E-state index is 0.0282. The highest BCUT2D eigenvalue weighted by Crippen LogP contribution is 2.06. The molecule has 0 atom stereocenters. The van der Waals surface area contributed by atoms with Gasteiger partial charge in [-0.2, -0.15) is 0 Å². The summed E-state index contributed by atoms with van der Waals surface area (Å²) in [6.07, 6.45) is 3.14. The molecule has 1 aromatic rings. The molecule has 1 fully saturated rings. The van der Waals surface area contributed by atoms with Gasteiger partial charge in [0.05, 0.1) is 12.8 Å². The van der Waals surface area contributed by atoms with Gasteiger partial charge >= 0.3 is 18.0 Å². The van der Waals surface area contributed by atoms with E-state index in [0.717, 1.165) is 0 Å². The third-order valence-corrected chi connectivity index (χ3v) is 3.40. The Balaban J connectivity index is 0.000000487. The lowest BCUT2D eigenvalue weighted by molar-refractivity contribution is -0.159. The Kier molecular flexibility index (Phi) is 8.58. The molecule has 3 N–H and O–H groups in total. The molecule has 26 heavy (non-hydrogen) atoms. The van der Waals surface area contributed by atoms with Crippen molar-refractivity contribution in [1.82, 2.24) is 15.1 Å². The van der Waals surface area contributed by atoms with Gasteiger partial charge in [-0.3, -0.25) is 9.69 Å². The molecule has 0 aromatic carbocycles. The normalized spacial score (nSPS) is 13.9. The summed E-state index contributed by atoms with van der Waals surface area (Å²) in [5.41, 5.74) is 0. The van der Waals surface area contributed by atoms with E-state index in [-0.39, 0.29) is 11.8 Å². The van der Waals surface area contributed by atoms with Crippen LogP contribution in [0.1, 0.15) is 10.6 Å². The first-order chi connectivity index (χ1) is 12.3. The van der Waals surface area contributed by atoms with Crippen LogP contribution in [0.5, 0.6) is 0 Å². The monoisotopic (exact) mass is 367 g/mol. The van der Waals surface area contributed by atoms with Crippen molar-refractivity contribution >= 4 is 23.8 Å². The van der Waals surface area contributed by atoms with Crippen LogP contribution in [0.15, 0.2) is 35.5 Å². The maximum Gasteiger partial charge on any atom is 0.414 e. The molecular weight excluding hydrogens is 346 g/mol. The number of carboxylic acids is 2. The van der Waals surface area contributed by atoms with Crippen molar-refractivity contribution < 1.29 is 33.8 Å². The number of carbonyl (C=O) groups is 4. The minimum atomic E-state index is -1.82. The van der Waals surface area contributed by atoms with Crippen LogP contribution in [-0.2, 0) is 9.59 Å². The topological polar surface area (TPSA) is 140 Å². The molecule has 1 aliphatic rings. The lowest BCUT2D eigenvalue weighted by Crippen LogP contribution is -2.52. The number of piperazine rings is 1. The Bertz CT molecular complexity index is 622. The second kappa shape index (κ2) is 10.7. The summed E-state index contributed by atoms with van der Waals surface area (Å²) >= 11 is 0. The van der Waals surface area contributed by atoms with E-state index in [0.29, 0.717) is 45.0 Å². The summed E-state index contributed by atoms with van der Waals surface area (Å²) in [6.45, 7) is 6.97. The fraction of sp³-hybridized carbons (Fsp3) is 0.375. The Labute approximate surface area is 149 Å². The summed E-state index contributed by atoms with van der Waals surface area (Å²) in [5, 5.41) is 17.5. The number of nitrogens with one attached hydrogen (secondary N) is 1. The summed E-state index contributed by atoms with van der Waals surface area (Å²) in [6, 6.07) is 3.29. The zero-order valence-electron chi connectivity index (χ0n) is 14.1. The SMILES string of the molecule is C=CCNC(=O)N1CCN(CC(=O)c2ccco2)CC1.O=C(O)C(=O)O. The van der Waals surface area contributed by atoms with E-state index in [4.69, 9.17) is 24.2 Å². The number of aliphatic carboxylic acids is 2. The first kappa shape index (κ1) is 20.9. The van der Waals surface area contributed by atoms with E-state index in [1.807, 2.05) is 4.90 Å². The molecule has 142 valence electrons. The van der Waals surface area contributed by atoms with Crippen LogP contribution >= 0.6 is 0 Å². The molecule has 0 bridgehead atoms. The van der Waals surface area contributed by atoms with Crippen molar-refractivity contribution in [3.05, 3.63) is 36.8 Å². The van der Waals surface area contributed by atoms with Gasteiger partial charge in [0, 0.05) is 32.7 Å². The van der Waals surface area contributed by atoms with Crippen molar-refractivity contribution in [2.45, 2.75) is 0 Å². The maximum absolute atomic E-state index is 11.9. The number of ketones is 1. The lowest BCUT2D eigenvalue weighted by Gasteiger charge is -2.34. The number of hydrogen-bond acceptors (Lipinski definition) is 6. The third-order valence-electron chi connectivity index (χ3n) is 3.40. The second-order valence-corrected chi connectivity index (χ2v) is 5.25. The molecule has 1 saturated heterocycles. The average molecular weight is 367 g/mol. The van der Waals surface area contributed by atoms with Crippen molar-refractivity contribution in [3.8, 4) is 0 Å². The number of amides is 2. The smallest absolute Gasteiger partial charge is 0.414 e. The summed E-state index contributed by atoms with van der Waals surface area (Å²) in [5.74, 6) is -3.29. The molecule has 0 spiro atoms. The Hall–Kier alpha value is -3.14. The first-order valence-electron chi connectivity index (χ1n) is 7.74. The number of rotatable bonds is 5. The van der Waals surface area contributed by atoms with Gasteiger partial charge in [0.2, 0.25) is 5.78 Å². The quantitative estimate of drug-likeness (QED) is 0.379. The van der Waals surface area contributed by atoms with Crippen LogP contribution in [-0.4, -0.2) is 83.0 Å². The van der Waals surface area contributed by atoms with Crippen LogP contribution in [0.2, 0.25) is 0 Å². The van der Waals surface area contributed by atoms with Gasteiger partial charge in [-0.25, -0.2) is 14.4 Å². The molecule has 0 radical (unpaired) electrons. The largest absolute Gasteiger partial charge is 0.473 e. The second-order valence-electron chi connectivity index (χ2n) is 5.25. The number of carbonyl (C=O) groups excluding carboxylic acids is 2. The number of carboxylic acid groups (broad SMARTS) is 2. The van der Waals surface area contributed by atoms with E-state index in [9.17, 15) is 9.59 Å². The summed E-state index contributed by atoms with van der Waals surface area (Å²) in [4.78, 5) is 45.6. The van der Waals surface area contributed by atoms with Gasteiger partial charge in [0.25, 0.3) is 0 Å². The number of Topliss-reactive ketones (excluding diaryl/α,β-unsaturated/α-hetero) is 1. The maximum atomic E-state index is 11.9. The predicted octanol–water partition coefficient (Wildman–Crippen LogP) is 0.131. The molecule has 1 aliphatic heterocycles. The van der Waals surface area contributed by atoms with E-state index in [2.05, 4.69) is 11.9 Å². The zero-order valence-corrected chi connectivity index (χ0v) is 14.1. The predicted molar refractivity (Wildman–Crippen MR) is 89.9 cm³/mol. The zero-order chi connectivity index (χ0) is 19.5. The molecule has 0 aliphatic carbocycles. The van der Waals surface area contributed by atoms with Gasteiger partial charge in [0.15, 0.2) is 5.76 Å². The number of hydrogen-bond donors (Lipinski definition) is 3. The van der Waals surface area contributed by atoms with E-state index in [1.165, 1.54) is 6.26 Å². The van der Waals surface area contributed by atoms with Gasteiger partial charge in [0.1, 0.15) is 0 Å². The van der Waals surface area contributed by atoms with Crippen molar-refractivity contribution in [2.24, 2.45) is 0 Å². The Morgan fingerprint density at radius 3 is 2.23 bits per heavy atom. The fourth-order valence-corrected chi connectivity index (χ4v) is 2.10. The number of nitrogens with zero attached hydrogens (tertiary/aromatic N) is 2. The van der Waals surface area contributed by atoms with Crippen LogP contribution in [0, 0.1) is 0 Å². The molecule has 2 heterocycles. The fourth-order valence-electron chi connectivity index (χ4n) is 2.10. The van der Waals surface area contributed by atoms with E-state index < -0.39 is 11.9 Å². The Morgan fingerprint density at radius 1 is 1.15 bits per heavy atom. The van der Waals surface area contributed by atoms with Crippen LogP contribution in [0.3, 0.4) is 0 Å². The van der Waals surface area contributed by atoms with Crippen molar-refractivity contribution in [2.75, 3.05) is 39.3 Å². The standard InChI is InChI=1S/C14H19N3O3.C2H2O4/c1-2-5-15-14(19)17-8-6-16(7-9-17)11-12(18)13-4-3-10-20-13;3-1(4)2(5)6/h2-4,10H,1,5-9,11H2,(H,15,19);(H,3,4)(H,5,6). The average Bonchev–Trinajstić information content (AvgIpc) is 3.15. The van der Waals surface area contributed by atoms with Crippen LogP contribution in [0.4, 0.5) is 4.79 Å². The molecular formula is C16H21N3O7. The first-order valence-corrected chi connectivity index (χ1v) is 7.74. The summed E-state index contributed by atoms with van der Waals surface area (Å²) < 4.78 is 5.08. The molecule has 0 unspecified atom stereocenters. The number of urea groups is 1. The molecule has 2 amide bonds. The van der Waals surface area contributed by atoms with E-state index >= 15 is 0 Å². The van der Waals surface area contributed by atoms with Crippen LogP contribution in [0.25, 0.3) is 0 Å². The van der Waals surface area contributed by atoms with Gasteiger partial charge in [-0.15, -0.1) is 6.58 Å². The minimum Gasteiger partial charge on any atom is -0.473 e. The van der Waals surface area contributed by atoms with Gasteiger partial charge < -0.3 is 24.8 Å². The number of furan rings is 1. The molecule has 10 heteroatoms. The van der Waals surface area contributed by atoms with Crippen LogP contribution < -0.4 is 5.32 Å². The van der Waals surface area contributed by atoms with Crippen molar-refractivity contribution in [1.29, 1.82) is 0 Å². The highest BCUT2D eigenvalue weighted by molar-refractivity contribution is 6.27. The van der Waals surface area contributed by atoms with Gasteiger partial charge in [-0.1, -0.05) is 6.08 Å².